The van der Waals surface area contributed by atoms with Gasteiger partial charge in [-0.15, -0.1) is 0 Å². The summed E-state index contributed by atoms with van der Waals surface area (Å²) in [4.78, 5) is 22.8. The summed E-state index contributed by atoms with van der Waals surface area (Å²) >= 11 is 11.9. The third-order valence-electron chi connectivity index (χ3n) is 2.40. The van der Waals surface area contributed by atoms with Crippen LogP contribution in [0, 0.1) is 0 Å². The van der Waals surface area contributed by atoms with Crippen LogP contribution < -0.4 is 5.32 Å². The van der Waals surface area contributed by atoms with Crippen molar-refractivity contribution in [1.82, 2.24) is 5.32 Å². The second-order valence-electron chi connectivity index (χ2n) is 5.46. The number of carbonyl (C=O) groups excluding carboxylic acids is 1. The lowest BCUT2D eigenvalue weighted by molar-refractivity contribution is -0.137. The number of rotatable bonds is 4. The average molecular weight is 334 g/mol. The molecule has 0 heterocycles. The number of aliphatic carboxylic acids is 1. The first-order chi connectivity index (χ1) is 9.58. The summed E-state index contributed by atoms with van der Waals surface area (Å²) < 4.78 is 5.12. The molecule has 0 fully saturated rings. The highest BCUT2D eigenvalue weighted by atomic mass is 35.5. The predicted octanol–water partition coefficient (Wildman–Crippen LogP) is 4.03. The first-order valence-electron chi connectivity index (χ1n) is 6.25. The Labute approximate surface area is 133 Å². The van der Waals surface area contributed by atoms with Gasteiger partial charge in [-0.1, -0.05) is 23.2 Å². The van der Waals surface area contributed by atoms with Crippen LogP contribution in [0.1, 0.15) is 38.8 Å². The molecule has 0 aliphatic carbocycles. The monoisotopic (exact) mass is 333 g/mol. The van der Waals surface area contributed by atoms with Crippen LogP contribution in [0.4, 0.5) is 4.79 Å². The molecule has 0 saturated carbocycles. The average Bonchev–Trinajstić information content (AvgIpc) is 2.28. The minimum atomic E-state index is -1.08. The van der Waals surface area contributed by atoms with Gasteiger partial charge < -0.3 is 15.2 Å². The quantitative estimate of drug-likeness (QED) is 0.871. The molecule has 0 aliphatic heterocycles. The van der Waals surface area contributed by atoms with Crippen molar-refractivity contribution < 1.29 is 19.4 Å². The third kappa shape index (κ3) is 6.23. The zero-order chi connectivity index (χ0) is 16.2. The summed E-state index contributed by atoms with van der Waals surface area (Å²) in [5.74, 6) is -1.08. The van der Waals surface area contributed by atoms with Crippen LogP contribution in [0.15, 0.2) is 18.2 Å². The lowest BCUT2D eigenvalue weighted by Crippen LogP contribution is -2.35. The number of carboxylic acid groups (broad SMARTS) is 1. The number of carboxylic acids is 1. The smallest absolute Gasteiger partial charge is 0.408 e. The molecule has 1 unspecified atom stereocenters. The fraction of sp³-hybridized carbons (Fsp3) is 0.429. The molecule has 0 aromatic heterocycles. The number of halogens is 2. The van der Waals surface area contributed by atoms with E-state index in [1.54, 1.807) is 32.9 Å². The molecular formula is C14H17Cl2NO4. The van der Waals surface area contributed by atoms with Crippen LogP contribution in [-0.2, 0) is 9.53 Å². The Hall–Kier alpha value is -1.46. The molecule has 2 N–H and O–H groups in total. The van der Waals surface area contributed by atoms with E-state index in [2.05, 4.69) is 5.32 Å². The Morgan fingerprint density at radius 3 is 2.48 bits per heavy atom. The summed E-state index contributed by atoms with van der Waals surface area (Å²) in [5.41, 5.74) is -0.256. The van der Waals surface area contributed by atoms with Crippen molar-refractivity contribution in [1.29, 1.82) is 0 Å². The lowest BCUT2D eigenvalue weighted by Gasteiger charge is -2.23. The molecule has 1 aromatic carbocycles. The van der Waals surface area contributed by atoms with Gasteiger partial charge in [-0.05, 0) is 44.5 Å². The summed E-state index contributed by atoms with van der Waals surface area (Å²) in [5, 5.41) is 12.2. The highest BCUT2D eigenvalue weighted by molar-refractivity contribution is 6.33. The van der Waals surface area contributed by atoms with Gasteiger partial charge in [0.2, 0.25) is 0 Å². The van der Waals surface area contributed by atoms with Crippen molar-refractivity contribution in [2.24, 2.45) is 0 Å². The van der Waals surface area contributed by atoms with E-state index in [1.807, 2.05) is 0 Å². The molecule has 1 atom stereocenters. The van der Waals surface area contributed by atoms with Gasteiger partial charge in [-0.25, -0.2) is 4.79 Å². The van der Waals surface area contributed by atoms with E-state index < -0.39 is 23.7 Å². The molecule has 21 heavy (non-hydrogen) atoms. The van der Waals surface area contributed by atoms with Gasteiger partial charge in [0.1, 0.15) is 5.60 Å². The number of hydrogen-bond donors (Lipinski definition) is 2. The molecular weight excluding hydrogens is 317 g/mol. The molecule has 7 heteroatoms. The molecule has 0 aliphatic rings. The summed E-state index contributed by atoms with van der Waals surface area (Å²) in [6.45, 7) is 5.14. The van der Waals surface area contributed by atoms with Gasteiger partial charge in [0, 0.05) is 10.0 Å². The molecule has 116 valence electrons. The van der Waals surface area contributed by atoms with E-state index in [9.17, 15) is 9.59 Å². The number of hydrogen-bond acceptors (Lipinski definition) is 3. The first kappa shape index (κ1) is 17.6. The molecule has 1 rings (SSSR count). The van der Waals surface area contributed by atoms with Gasteiger partial charge in [0.15, 0.2) is 0 Å². The van der Waals surface area contributed by atoms with Crippen LogP contribution in [0.2, 0.25) is 10.0 Å². The number of alkyl carbamates (subject to hydrolysis) is 1. The van der Waals surface area contributed by atoms with E-state index in [0.29, 0.717) is 15.6 Å². The van der Waals surface area contributed by atoms with Gasteiger partial charge in [0.25, 0.3) is 0 Å². The zero-order valence-corrected chi connectivity index (χ0v) is 13.5. The maximum atomic E-state index is 11.8. The summed E-state index contributed by atoms with van der Waals surface area (Å²) in [6, 6.07) is 3.82. The van der Waals surface area contributed by atoms with Crippen LogP contribution >= 0.6 is 23.2 Å². The molecule has 5 nitrogen and oxygen atoms in total. The van der Waals surface area contributed by atoms with Crippen molar-refractivity contribution in [3.8, 4) is 0 Å². The van der Waals surface area contributed by atoms with E-state index in [1.165, 1.54) is 6.07 Å². The van der Waals surface area contributed by atoms with E-state index in [-0.39, 0.29) is 6.42 Å². The molecule has 0 bridgehead atoms. The minimum absolute atomic E-state index is 0.321. The van der Waals surface area contributed by atoms with E-state index >= 15 is 0 Å². The van der Waals surface area contributed by atoms with Crippen molar-refractivity contribution in [2.45, 2.75) is 38.8 Å². The van der Waals surface area contributed by atoms with Gasteiger partial charge in [0.05, 0.1) is 12.5 Å². The summed E-state index contributed by atoms with van der Waals surface area (Å²) in [6.07, 6.45) is -1.05. The Morgan fingerprint density at radius 1 is 1.33 bits per heavy atom. The number of benzene rings is 1. The zero-order valence-electron chi connectivity index (χ0n) is 11.9. The number of carbonyl (C=O) groups is 2. The van der Waals surface area contributed by atoms with Crippen LogP contribution in [0.3, 0.4) is 0 Å². The van der Waals surface area contributed by atoms with E-state index in [0.717, 1.165) is 0 Å². The fourth-order valence-electron chi connectivity index (χ4n) is 1.64. The van der Waals surface area contributed by atoms with Crippen LogP contribution in [-0.4, -0.2) is 22.8 Å². The molecule has 1 amide bonds. The molecule has 0 saturated heterocycles. The number of nitrogens with one attached hydrogen (secondary N) is 1. The molecule has 1 aromatic rings. The summed E-state index contributed by atoms with van der Waals surface area (Å²) in [7, 11) is 0. The maximum absolute atomic E-state index is 11.8. The maximum Gasteiger partial charge on any atom is 0.408 e. The lowest BCUT2D eigenvalue weighted by atomic mass is 10.0. The highest BCUT2D eigenvalue weighted by Gasteiger charge is 2.24. The van der Waals surface area contributed by atoms with Crippen molar-refractivity contribution in [2.75, 3.05) is 0 Å². The molecule has 0 spiro atoms. The Balaban J connectivity index is 2.98. The van der Waals surface area contributed by atoms with E-state index in [4.69, 9.17) is 33.0 Å². The van der Waals surface area contributed by atoms with Crippen LogP contribution in [0.5, 0.6) is 0 Å². The Morgan fingerprint density at radius 2 is 1.95 bits per heavy atom. The van der Waals surface area contributed by atoms with Crippen molar-refractivity contribution in [3.63, 3.8) is 0 Å². The minimum Gasteiger partial charge on any atom is -0.481 e. The standard InChI is InChI=1S/C14H17Cl2NO4/c1-14(2,3)21-13(20)17-11(7-12(18)19)9-6-8(15)4-5-10(9)16/h4-6,11H,7H2,1-3H3,(H,17,20)(H,18,19). The Kier molecular flexibility index (Phi) is 5.87. The van der Waals surface area contributed by atoms with Gasteiger partial charge >= 0.3 is 12.1 Å². The van der Waals surface area contributed by atoms with Crippen LogP contribution in [0.25, 0.3) is 0 Å². The second-order valence-corrected chi connectivity index (χ2v) is 6.31. The SMILES string of the molecule is CC(C)(C)OC(=O)NC(CC(=O)O)c1cc(Cl)ccc1Cl. The Bertz CT molecular complexity index is 540. The topological polar surface area (TPSA) is 75.6 Å². The predicted molar refractivity (Wildman–Crippen MR) is 80.8 cm³/mol. The fourth-order valence-corrected chi connectivity index (χ4v) is 2.07. The number of ether oxygens (including phenoxy) is 1. The molecule has 0 radical (unpaired) electrons. The second kappa shape index (κ2) is 7.00. The normalized spacial score (nSPS) is 12.6. The van der Waals surface area contributed by atoms with Crippen molar-refractivity contribution in [3.05, 3.63) is 33.8 Å². The van der Waals surface area contributed by atoms with Gasteiger partial charge in [-0.3, -0.25) is 4.79 Å². The largest absolute Gasteiger partial charge is 0.481 e. The van der Waals surface area contributed by atoms with Gasteiger partial charge in [-0.2, -0.15) is 0 Å². The third-order valence-corrected chi connectivity index (χ3v) is 2.98. The first-order valence-corrected chi connectivity index (χ1v) is 7.00. The number of amides is 1. The van der Waals surface area contributed by atoms with Crippen molar-refractivity contribution >= 4 is 35.3 Å². The highest BCUT2D eigenvalue weighted by Crippen LogP contribution is 2.28.